The summed E-state index contributed by atoms with van der Waals surface area (Å²) >= 11 is 5.98. The second kappa shape index (κ2) is 6.48. The summed E-state index contributed by atoms with van der Waals surface area (Å²) in [5.74, 6) is -1.03. The van der Waals surface area contributed by atoms with Crippen molar-refractivity contribution in [3.8, 4) is 0 Å². The minimum Gasteiger partial charge on any atom is -0.336 e. The number of aromatic nitrogens is 2. The van der Waals surface area contributed by atoms with E-state index in [9.17, 15) is 19.3 Å². The second-order valence-electron chi connectivity index (χ2n) is 5.42. The van der Waals surface area contributed by atoms with Gasteiger partial charge in [0, 0.05) is 35.2 Å². The van der Waals surface area contributed by atoms with Gasteiger partial charge in [0.1, 0.15) is 5.82 Å². The number of halogens is 2. The molecule has 25 heavy (non-hydrogen) atoms. The Morgan fingerprint density at radius 1 is 1.40 bits per heavy atom. The van der Waals surface area contributed by atoms with Gasteiger partial charge in [-0.3, -0.25) is 20.0 Å². The van der Waals surface area contributed by atoms with Crippen LogP contribution in [0.15, 0.2) is 36.4 Å². The molecule has 0 aliphatic rings. The summed E-state index contributed by atoms with van der Waals surface area (Å²) in [5.41, 5.74) is 0.550. The number of benzene rings is 2. The van der Waals surface area contributed by atoms with Crippen molar-refractivity contribution in [1.82, 2.24) is 15.1 Å². The van der Waals surface area contributed by atoms with E-state index in [0.717, 1.165) is 0 Å². The van der Waals surface area contributed by atoms with E-state index in [1.807, 2.05) is 0 Å². The molecule has 9 heteroatoms. The van der Waals surface area contributed by atoms with E-state index < -0.39 is 16.6 Å². The molecule has 0 unspecified atom stereocenters. The largest absolute Gasteiger partial charge is 0.336 e. The zero-order valence-corrected chi connectivity index (χ0v) is 13.7. The molecule has 0 bridgehead atoms. The van der Waals surface area contributed by atoms with Gasteiger partial charge < -0.3 is 4.90 Å². The Kier molecular flexibility index (Phi) is 4.37. The maximum atomic E-state index is 13.9. The summed E-state index contributed by atoms with van der Waals surface area (Å²) in [4.78, 5) is 24.3. The predicted octanol–water partition coefficient (Wildman–Crippen LogP) is 3.54. The molecule has 1 N–H and O–H groups in total. The van der Waals surface area contributed by atoms with Crippen molar-refractivity contribution in [3.63, 3.8) is 0 Å². The fourth-order valence-electron chi connectivity index (χ4n) is 2.45. The van der Waals surface area contributed by atoms with E-state index in [1.165, 1.54) is 48.3 Å². The molecule has 0 radical (unpaired) electrons. The lowest BCUT2D eigenvalue weighted by Crippen LogP contribution is -2.27. The molecule has 0 spiro atoms. The highest BCUT2D eigenvalue weighted by molar-refractivity contribution is 6.31. The minimum absolute atomic E-state index is 0.0219. The first kappa shape index (κ1) is 16.8. The maximum Gasteiger partial charge on any atom is 0.275 e. The molecule has 3 rings (SSSR count). The molecule has 7 nitrogen and oxygen atoms in total. The van der Waals surface area contributed by atoms with Crippen molar-refractivity contribution in [1.29, 1.82) is 0 Å². The Balaban J connectivity index is 1.93. The molecule has 1 heterocycles. The summed E-state index contributed by atoms with van der Waals surface area (Å²) in [5, 5.41) is 18.1. The van der Waals surface area contributed by atoms with Gasteiger partial charge in [0.15, 0.2) is 5.69 Å². The number of nitro groups is 1. The number of rotatable bonds is 4. The van der Waals surface area contributed by atoms with Crippen LogP contribution >= 0.6 is 11.6 Å². The van der Waals surface area contributed by atoms with Crippen LogP contribution in [0, 0.1) is 15.9 Å². The molecule has 128 valence electrons. The van der Waals surface area contributed by atoms with Gasteiger partial charge in [0.25, 0.3) is 11.6 Å². The lowest BCUT2D eigenvalue weighted by atomic mass is 10.1. The smallest absolute Gasteiger partial charge is 0.275 e. The number of non-ortho nitro benzene ring substituents is 1. The van der Waals surface area contributed by atoms with Crippen molar-refractivity contribution in [3.05, 3.63) is 68.6 Å². The number of hydrogen-bond acceptors (Lipinski definition) is 4. The van der Waals surface area contributed by atoms with Gasteiger partial charge in [-0.25, -0.2) is 4.39 Å². The van der Waals surface area contributed by atoms with Crippen LogP contribution in [0.4, 0.5) is 10.1 Å². The quantitative estimate of drug-likeness (QED) is 0.567. The van der Waals surface area contributed by atoms with Crippen molar-refractivity contribution in [2.45, 2.75) is 6.54 Å². The molecule has 2 aromatic carbocycles. The van der Waals surface area contributed by atoms with Crippen LogP contribution in [-0.2, 0) is 6.54 Å². The van der Waals surface area contributed by atoms with Gasteiger partial charge in [-0.05, 0) is 18.2 Å². The van der Waals surface area contributed by atoms with Crippen molar-refractivity contribution in [2.24, 2.45) is 0 Å². The topological polar surface area (TPSA) is 92.1 Å². The molecule has 1 amide bonds. The van der Waals surface area contributed by atoms with E-state index in [4.69, 9.17) is 11.6 Å². The summed E-state index contributed by atoms with van der Waals surface area (Å²) in [6.45, 7) is -0.0619. The van der Waals surface area contributed by atoms with E-state index in [0.29, 0.717) is 10.9 Å². The Morgan fingerprint density at radius 3 is 2.84 bits per heavy atom. The van der Waals surface area contributed by atoms with Crippen LogP contribution in [0.25, 0.3) is 10.9 Å². The van der Waals surface area contributed by atoms with E-state index >= 15 is 0 Å². The monoisotopic (exact) mass is 362 g/mol. The Morgan fingerprint density at radius 2 is 2.16 bits per heavy atom. The molecule has 1 aromatic heterocycles. The normalized spacial score (nSPS) is 10.8. The van der Waals surface area contributed by atoms with Gasteiger partial charge in [-0.2, -0.15) is 5.10 Å². The number of aromatic amines is 1. The summed E-state index contributed by atoms with van der Waals surface area (Å²) in [6.07, 6.45) is 0. The zero-order valence-electron chi connectivity index (χ0n) is 13.0. The highest BCUT2D eigenvalue weighted by atomic mass is 35.5. The van der Waals surface area contributed by atoms with Crippen LogP contribution in [0.1, 0.15) is 16.1 Å². The molecule has 0 fully saturated rings. The van der Waals surface area contributed by atoms with Gasteiger partial charge in [-0.15, -0.1) is 0 Å². The standard InChI is InChI=1S/C16H12ClFN4O3/c1-21(8-11-12(17)3-2-4-13(11)18)16(23)15-10-7-9(22(24)25)5-6-14(10)19-20-15/h2-7H,8H2,1H3,(H,19,20). The second-order valence-corrected chi connectivity index (χ2v) is 5.83. The highest BCUT2D eigenvalue weighted by Crippen LogP contribution is 2.24. The molecule has 0 atom stereocenters. The van der Waals surface area contributed by atoms with Gasteiger partial charge >= 0.3 is 0 Å². The third kappa shape index (κ3) is 3.16. The van der Waals surface area contributed by atoms with Gasteiger partial charge in [0.2, 0.25) is 0 Å². The number of nitrogens with zero attached hydrogens (tertiary/aromatic N) is 3. The summed E-state index contributed by atoms with van der Waals surface area (Å²) in [7, 11) is 1.48. The molecule has 0 saturated heterocycles. The molecular weight excluding hydrogens is 351 g/mol. The van der Waals surface area contributed by atoms with Crippen molar-refractivity contribution in [2.75, 3.05) is 7.05 Å². The average Bonchev–Trinajstić information content (AvgIpc) is 3.00. The first-order valence-electron chi connectivity index (χ1n) is 7.19. The SMILES string of the molecule is CN(Cc1c(F)cccc1Cl)C(=O)c1n[nH]c2ccc([N+](=O)[O-])cc12. The highest BCUT2D eigenvalue weighted by Gasteiger charge is 2.22. The molecule has 3 aromatic rings. The van der Waals surface area contributed by atoms with E-state index in [1.54, 1.807) is 0 Å². The first-order chi connectivity index (χ1) is 11.9. The number of H-pyrrole nitrogens is 1. The Bertz CT molecular complexity index is 968. The minimum atomic E-state index is -0.552. The third-order valence-corrected chi connectivity index (χ3v) is 4.12. The molecular formula is C16H12ClFN4O3. The van der Waals surface area contributed by atoms with Crippen LogP contribution in [-0.4, -0.2) is 33.0 Å². The van der Waals surface area contributed by atoms with Crippen LogP contribution in [0.3, 0.4) is 0 Å². The predicted molar refractivity (Wildman–Crippen MR) is 90.0 cm³/mol. The lowest BCUT2D eigenvalue weighted by molar-refractivity contribution is -0.384. The first-order valence-corrected chi connectivity index (χ1v) is 7.57. The van der Waals surface area contributed by atoms with Crippen molar-refractivity contribution >= 4 is 34.1 Å². The molecule has 0 aliphatic heterocycles. The number of nitro benzene ring substituents is 1. The lowest BCUT2D eigenvalue weighted by Gasteiger charge is -2.17. The fourth-order valence-corrected chi connectivity index (χ4v) is 2.67. The number of carbonyl (C=O) groups is 1. The van der Waals surface area contributed by atoms with E-state index in [2.05, 4.69) is 10.2 Å². The number of fused-ring (bicyclic) bond motifs is 1. The van der Waals surface area contributed by atoms with Gasteiger partial charge in [0.05, 0.1) is 17.0 Å². The Labute approximate surface area is 146 Å². The van der Waals surface area contributed by atoms with Crippen LogP contribution < -0.4 is 0 Å². The summed E-state index contributed by atoms with van der Waals surface area (Å²) in [6, 6.07) is 8.33. The van der Waals surface area contributed by atoms with Crippen molar-refractivity contribution < 1.29 is 14.1 Å². The van der Waals surface area contributed by atoms with Gasteiger partial charge in [-0.1, -0.05) is 17.7 Å². The maximum absolute atomic E-state index is 13.9. The van der Waals surface area contributed by atoms with Crippen LogP contribution in [0.2, 0.25) is 5.02 Å². The molecule has 0 saturated carbocycles. The van der Waals surface area contributed by atoms with Crippen LogP contribution in [0.5, 0.6) is 0 Å². The number of hydrogen-bond donors (Lipinski definition) is 1. The zero-order chi connectivity index (χ0) is 18.1. The third-order valence-electron chi connectivity index (χ3n) is 3.76. The fraction of sp³-hybridized carbons (Fsp3) is 0.125. The summed E-state index contributed by atoms with van der Waals surface area (Å²) < 4.78 is 13.9. The number of nitrogens with one attached hydrogen (secondary N) is 1. The van der Waals surface area contributed by atoms with E-state index in [-0.39, 0.29) is 28.5 Å². The number of carbonyl (C=O) groups excluding carboxylic acids is 1. The Hall–Kier alpha value is -3.00. The molecule has 0 aliphatic carbocycles. The average molecular weight is 363 g/mol. The number of amides is 1.